The SMILES string of the molecule is Cc1ccccc1CC(=O)N1CCC(=O)N(CC2CC2)[C@H](C(C)C)C1. The second-order valence-electron chi connectivity index (χ2n) is 7.99. The average Bonchev–Trinajstić information content (AvgIpc) is 3.39. The topological polar surface area (TPSA) is 40.6 Å². The lowest BCUT2D eigenvalue weighted by molar-refractivity contribution is -0.134. The van der Waals surface area contributed by atoms with Gasteiger partial charge in [-0.05, 0) is 42.7 Å². The fraction of sp³-hybridized carbons (Fsp3) is 0.619. The Bertz CT molecular complexity index is 637. The van der Waals surface area contributed by atoms with Gasteiger partial charge in [0, 0.05) is 26.1 Å². The van der Waals surface area contributed by atoms with Crippen LogP contribution in [0.25, 0.3) is 0 Å². The lowest BCUT2D eigenvalue weighted by Crippen LogP contribution is -2.48. The highest BCUT2D eigenvalue weighted by atomic mass is 16.2. The molecule has 4 heteroatoms. The van der Waals surface area contributed by atoms with Crippen molar-refractivity contribution in [3.63, 3.8) is 0 Å². The quantitative estimate of drug-likeness (QED) is 0.825. The molecule has 3 rings (SSSR count). The molecule has 1 aliphatic heterocycles. The summed E-state index contributed by atoms with van der Waals surface area (Å²) < 4.78 is 0. The molecule has 1 aromatic rings. The molecule has 1 saturated heterocycles. The van der Waals surface area contributed by atoms with E-state index in [4.69, 9.17) is 0 Å². The van der Waals surface area contributed by atoms with E-state index >= 15 is 0 Å². The van der Waals surface area contributed by atoms with Gasteiger partial charge in [-0.1, -0.05) is 38.1 Å². The Hall–Kier alpha value is -1.84. The van der Waals surface area contributed by atoms with Crippen molar-refractivity contribution in [2.45, 2.75) is 52.5 Å². The summed E-state index contributed by atoms with van der Waals surface area (Å²) in [5, 5.41) is 0. The maximum Gasteiger partial charge on any atom is 0.227 e. The molecule has 0 spiro atoms. The minimum Gasteiger partial charge on any atom is -0.340 e. The number of amides is 2. The molecule has 2 amide bonds. The van der Waals surface area contributed by atoms with Gasteiger partial charge in [-0.2, -0.15) is 0 Å². The van der Waals surface area contributed by atoms with Crippen molar-refractivity contribution in [1.29, 1.82) is 0 Å². The van der Waals surface area contributed by atoms with E-state index in [0.29, 0.717) is 37.8 Å². The van der Waals surface area contributed by atoms with Gasteiger partial charge in [0.2, 0.25) is 11.8 Å². The first-order valence-corrected chi connectivity index (χ1v) is 9.57. The van der Waals surface area contributed by atoms with E-state index < -0.39 is 0 Å². The van der Waals surface area contributed by atoms with Gasteiger partial charge in [-0.15, -0.1) is 0 Å². The van der Waals surface area contributed by atoms with Crippen LogP contribution in [0, 0.1) is 18.8 Å². The molecule has 1 heterocycles. The van der Waals surface area contributed by atoms with Crippen molar-refractivity contribution in [2.24, 2.45) is 11.8 Å². The van der Waals surface area contributed by atoms with Crippen molar-refractivity contribution in [3.8, 4) is 0 Å². The highest BCUT2D eigenvalue weighted by Crippen LogP contribution is 2.32. The largest absolute Gasteiger partial charge is 0.340 e. The second kappa shape index (κ2) is 7.59. The first-order chi connectivity index (χ1) is 12.0. The maximum absolute atomic E-state index is 12.9. The molecular formula is C21H30N2O2. The Labute approximate surface area is 151 Å². The molecule has 0 bridgehead atoms. The third-order valence-corrected chi connectivity index (χ3v) is 5.60. The minimum absolute atomic E-state index is 0.136. The molecule has 136 valence electrons. The number of benzene rings is 1. The van der Waals surface area contributed by atoms with Gasteiger partial charge < -0.3 is 9.80 Å². The van der Waals surface area contributed by atoms with Gasteiger partial charge in [0.05, 0.1) is 12.5 Å². The maximum atomic E-state index is 12.9. The highest BCUT2D eigenvalue weighted by molar-refractivity contribution is 5.82. The van der Waals surface area contributed by atoms with Crippen LogP contribution in [0.2, 0.25) is 0 Å². The molecule has 2 fully saturated rings. The lowest BCUT2D eigenvalue weighted by atomic mass is 10.0. The summed E-state index contributed by atoms with van der Waals surface area (Å²) >= 11 is 0. The standard InChI is InChI=1S/C21H30N2O2/c1-15(2)19-14-22(11-10-20(24)23(19)13-17-8-9-17)21(25)12-18-7-5-4-6-16(18)3/h4-7,15,17,19H,8-14H2,1-3H3/t19-/m0/s1. The third kappa shape index (κ3) is 4.42. The van der Waals surface area contributed by atoms with Crippen molar-refractivity contribution < 1.29 is 9.59 Å². The van der Waals surface area contributed by atoms with E-state index in [1.165, 1.54) is 12.8 Å². The summed E-state index contributed by atoms with van der Waals surface area (Å²) in [5.74, 6) is 1.40. The molecule has 25 heavy (non-hydrogen) atoms. The van der Waals surface area contributed by atoms with Crippen molar-refractivity contribution in [1.82, 2.24) is 9.80 Å². The molecule has 1 atom stereocenters. The van der Waals surface area contributed by atoms with Crippen LogP contribution >= 0.6 is 0 Å². The van der Waals surface area contributed by atoms with Crippen molar-refractivity contribution in [3.05, 3.63) is 35.4 Å². The minimum atomic E-state index is 0.136. The monoisotopic (exact) mass is 342 g/mol. The van der Waals surface area contributed by atoms with E-state index in [0.717, 1.165) is 17.7 Å². The normalized spacial score (nSPS) is 21.6. The Kier molecular flexibility index (Phi) is 5.45. The van der Waals surface area contributed by atoms with E-state index in [1.807, 2.05) is 36.1 Å². The molecule has 0 unspecified atom stereocenters. The molecule has 0 radical (unpaired) electrons. The van der Waals surface area contributed by atoms with Gasteiger partial charge in [-0.3, -0.25) is 9.59 Å². The van der Waals surface area contributed by atoms with Crippen LogP contribution in [-0.2, 0) is 16.0 Å². The van der Waals surface area contributed by atoms with Crippen LogP contribution < -0.4 is 0 Å². The first kappa shape index (κ1) is 18.0. The van der Waals surface area contributed by atoms with Gasteiger partial charge >= 0.3 is 0 Å². The Morgan fingerprint density at radius 2 is 1.96 bits per heavy atom. The van der Waals surface area contributed by atoms with Crippen molar-refractivity contribution in [2.75, 3.05) is 19.6 Å². The van der Waals surface area contributed by atoms with Gasteiger partial charge in [0.1, 0.15) is 0 Å². The smallest absolute Gasteiger partial charge is 0.227 e. The summed E-state index contributed by atoms with van der Waals surface area (Å²) in [7, 11) is 0. The Morgan fingerprint density at radius 1 is 1.24 bits per heavy atom. The predicted molar refractivity (Wildman–Crippen MR) is 99.1 cm³/mol. The summed E-state index contributed by atoms with van der Waals surface area (Å²) in [6, 6.07) is 8.18. The number of aryl methyl sites for hydroxylation is 1. The number of carbonyl (C=O) groups is 2. The zero-order valence-corrected chi connectivity index (χ0v) is 15.7. The first-order valence-electron chi connectivity index (χ1n) is 9.57. The molecule has 1 saturated carbocycles. The Balaban J connectivity index is 1.72. The molecule has 2 aliphatic rings. The molecule has 0 N–H and O–H groups in total. The van der Waals surface area contributed by atoms with Crippen LogP contribution in [-0.4, -0.2) is 47.3 Å². The number of rotatable bonds is 5. The van der Waals surface area contributed by atoms with Crippen LogP contribution in [0.3, 0.4) is 0 Å². The summed E-state index contributed by atoms with van der Waals surface area (Å²) in [4.78, 5) is 29.5. The van der Waals surface area contributed by atoms with Gasteiger partial charge in [-0.25, -0.2) is 0 Å². The van der Waals surface area contributed by atoms with Crippen molar-refractivity contribution >= 4 is 11.8 Å². The molecular weight excluding hydrogens is 312 g/mol. The molecule has 4 nitrogen and oxygen atoms in total. The number of hydrogen-bond acceptors (Lipinski definition) is 2. The summed E-state index contributed by atoms with van der Waals surface area (Å²) in [5.41, 5.74) is 2.23. The van der Waals surface area contributed by atoms with Gasteiger partial charge in [0.25, 0.3) is 0 Å². The Morgan fingerprint density at radius 3 is 2.60 bits per heavy atom. The molecule has 0 aromatic heterocycles. The highest BCUT2D eigenvalue weighted by Gasteiger charge is 2.36. The average molecular weight is 342 g/mol. The fourth-order valence-electron chi connectivity index (χ4n) is 3.67. The lowest BCUT2D eigenvalue weighted by Gasteiger charge is -2.35. The van der Waals surface area contributed by atoms with E-state index in [-0.39, 0.29) is 17.9 Å². The molecule has 1 aromatic carbocycles. The van der Waals surface area contributed by atoms with Crippen LogP contribution in [0.1, 0.15) is 44.2 Å². The van der Waals surface area contributed by atoms with Gasteiger partial charge in [0.15, 0.2) is 0 Å². The van der Waals surface area contributed by atoms with E-state index in [9.17, 15) is 9.59 Å². The van der Waals surface area contributed by atoms with E-state index in [2.05, 4.69) is 18.7 Å². The van der Waals surface area contributed by atoms with Crippen LogP contribution in [0.4, 0.5) is 0 Å². The third-order valence-electron chi connectivity index (χ3n) is 5.60. The van der Waals surface area contributed by atoms with Crippen LogP contribution in [0.15, 0.2) is 24.3 Å². The number of hydrogen-bond donors (Lipinski definition) is 0. The predicted octanol–water partition coefficient (Wildman–Crippen LogP) is 3.03. The summed E-state index contributed by atoms with van der Waals surface area (Å²) in [6.45, 7) is 8.46. The number of nitrogens with zero attached hydrogens (tertiary/aromatic N) is 2. The zero-order chi connectivity index (χ0) is 18.0. The van der Waals surface area contributed by atoms with E-state index in [1.54, 1.807) is 0 Å². The summed E-state index contributed by atoms with van der Waals surface area (Å²) in [6.07, 6.45) is 3.36. The molecule has 1 aliphatic carbocycles. The number of carbonyl (C=O) groups excluding carboxylic acids is 2. The zero-order valence-electron chi connectivity index (χ0n) is 15.7. The second-order valence-corrected chi connectivity index (χ2v) is 7.99. The van der Waals surface area contributed by atoms with Crippen LogP contribution in [0.5, 0.6) is 0 Å². The fourth-order valence-corrected chi connectivity index (χ4v) is 3.67.